The van der Waals surface area contributed by atoms with Crippen molar-refractivity contribution in [2.24, 2.45) is 0 Å². The fourth-order valence-corrected chi connectivity index (χ4v) is 1.84. The Labute approximate surface area is 99.5 Å². The van der Waals surface area contributed by atoms with Gasteiger partial charge in [0.2, 0.25) is 5.89 Å². The number of nitrogens with zero attached hydrogens (tertiary/aromatic N) is 1. The quantitative estimate of drug-likeness (QED) is 0.890. The van der Waals surface area contributed by atoms with Crippen LogP contribution in [0.25, 0.3) is 11.3 Å². The summed E-state index contributed by atoms with van der Waals surface area (Å²) in [6.07, 6.45) is 1.72. The molecule has 3 nitrogen and oxygen atoms in total. The second kappa shape index (κ2) is 4.68. The summed E-state index contributed by atoms with van der Waals surface area (Å²) in [6.45, 7) is 2.62. The van der Waals surface area contributed by atoms with Crippen molar-refractivity contribution in [3.8, 4) is 11.3 Å². The van der Waals surface area contributed by atoms with Crippen molar-refractivity contribution in [1.29, 1.82) is 0 Å². The van der Waals surface area contributed by atoms with Gasteiger partial charge < -0.3 is 9.73 Å². The van der Waals surface area contributed by atoms with Crippen LogP contribution in [0.4, 0.5) is 0 Å². The van der Waals surface area contributed by atoms with Crippen molar-refractivity contribution in [1.82, 2.24) is 10.3 Å². The lowest BCUT2D eigenvalue weighted by Crippen LogP contribution is -2.04. The molecule has 0 spiro atoms. The fourth-order valence-electron chi connectivity index (χ4n) is 1.56. The molecular formula is C12H13ClN2O. The zero-order valence-corrected chi connectivity index (χ0v) is 10.0. The van der Waals surface area contributed by atoms with Gasteiger partial charge in [-0.15, -0.1) is 0 Å². The second-order valence-electron chi connectivity index (χ2n) is 3.67. The molecule has 0 aliphatic rings. The molecular weight excluding hydrogens is 224 g/mol. The number of aromatic nitrogens is 1. The lowest BCUT2D eigenvalue weighted by Gasteiger charge is -2.00. The van der Waals surface area contributed by atoms with E-state index in [1.165, 1.54) is 0 Å². The molecule has 84 valence electrons. The molecule has 1 aromatic carbocycles. The molecule has 0 bridgehead atoms. The lowest BCUT2D eigenvalue weighted by molar-refractivity contribution is 0.491. The van der Waals surface area contributed by atoms with Crippen LogP contribution in [0.2, 0.25) is 5.02 Å². The molecule has 4 heteroatoms. The third-order valence-electron chi connectivity index (χ3n) is 2.21. The van der Waals surface area contributed by atoms with Crippen LogP contribution in [0.1, 0.15) is 11.5 Å². The molecule has 1 heterocycles. The van der Waals surface area contributed by atoms with Crippen molar-refractivity contribution in [2.75, 3.05) is 7.05 Å². The van der Waals surface area contributed by atoms with E-state index in [0.29, 0.717) is 17.5 Å². The Balaban J connectivity index is 2.34. The Morgan fingerprint density at radius 1 is 1.38 bits per heavy atom. The van der Waals surface area contributed by atoms with Crippen molar-refractivity contribution in [3.05, 3.63) is 40.9 Å². The maximum absolute atomic E-state index is 5.99. The summed E-state index contributed by atoms with van der Waals surface area (Å²) < 4.78 is 5.59. The molecule has 0 atom stereocenters. The van der Waals surface area contributed by atoms with E-state index in [9.17, 15) is 0 Å². The summed E-state index contributed by atoms with van der Waals surface area (Å²) in [6, 6.07) is 5.81. The number of rotatable bonds is 3. The topological polar surface area (TPSA) is 38.1 Å². The van der Waals surface area contributed by atoms with E-state index in [-0.39, 0.29) is 0 Å². The van der Waals surface area contributed by atoms with Crippen LogP contribution in [-0.2, 0) is 6.54 Å². The van der Waals surface area contributed by atoms with Crippen LogP contribution in [0.15, 0.2) is 28.8 Å². The smallest absolute Gasteiger partial charge is 0.208 e. The first-order valence-corrected chi connectivity index (χ1v) is 5.43. The molecule has 0 saturated carbocycles. The van der Waals surface area contributed by atoms with Crippen molar-refractivity contribution in [3.63, 3.8) is 0 Å². The zero-order valence-electron chi connectivity index (χ0n) is 9.25. The zero-order chi connectivity index (χ0) is 11.5. The van der Waals surface area contributed by atoms with Crippen LogP contribution in [0, 0.1) is 6.92 Å². The summed E-state index contributed by atoms with van der Waals surface area (Å²) >= 11 is 5.99. The summed E-state index contributed by atoms with van der Waals surface area (Å²) in [5, 5.41) is 3.70. The third kappa shape index (κ3) is 2.43. The molecule has 0 saturated heterocycles. The van der Waals surface area contributed by atoms with E-state index in [2.05, 4.69) is 10.3 Å². The largest absolute Gasteiger partial charge is 0.439 e. The molecule has 1 aromatic heterocycles. The number of hydrogen-bond acceptors (Lipinski definition) is 3. The van der Waals surface area contributed by atoms with Crippen molar-refractivity contribution >= 4 is 11.6 Å². The Morgan fingerprint density at radius 3 is 2.88 bits per heavy atom. The Morgan fingerprint density at radius 2 is 2.19 bits per heavy atom. The molecule has 0 radical (unpaired) electrons. The highest BCUT2D eigenvalue weighted by molar-refractivity contribution is 6.30. The fraction of sp³-hybridized carbons (Fsp3) is 0.250. The Hall–Kier alpha value is -1.32. The third-order valence-corrected chi connectivity index (χ3v) is 2.43. The number of aryl methyl sites for hydroxylation is 1. The second-order valence-corrected chi connectivity index (χ2v) is 4.10. The molecule has 2 rings (SSSR count). The predicted octanol–water partition coefficient (Wildman–Crippen LogP) is 3.02. The van der Waals surface area contributed by atoms with Gasteiger partial charge in [-0.25, -0.2) is 4.98 Å². The lowest BCUT2D eigenvalue weighted by atomic mass is 10.1. The minimum absolute atomic E-state index is 0.625. The van der Waals surface area contributed by atoms with Gasteiger partial charge in [-0.1, -0.05) is 11.6 Å². The van der Waals surface area contributed by atoms with Crippen LogP contribution < -0.4 is 5.32 Å². The molecule has 0 aliphatic heterocycles. The number of nitrogens with one attached hydrogen (secondary N) is 1. The highest BCUT2D eigenvalue weighted by Gasteiger charge is 2.06. The summed E-state index contributed by atoms with van der Waals surface area (Å²) in [7, 11) is 1.85. The molecule has 0 amide bonds. The SMILES string of the molecule is CNCc1ncc(-c2cc(C)cc(Cl)c2)o1. The van der Waals surface area contributed by atoms with Gasteiger partial charge in [0.05, 0.1) is 12.7 Å². The summed E-state index contributed by atoms with van der Waals surface area (Å²) in [5.41, 5.74) is 2.06. The minimum atomic E-state index is 0.625. The first-order valence-electron chi connectivity index (χ1n) is 5.06. The molecule has 16 heavy (non-hydrogen) atoms. The number of halogens is 1. The van der Waals surface area contributed by atoms with E-state index >= 15 is 0 Å². The molecule has 0 unspecified atom stereocenters. The summed E-state index contributed by atoms with van der Waals surface area (Å²) in [5.74, 6) is 1.42. The Kier molecular flexibility index (Phi) is 3.27. The minimum Gasteiger partial charge on any atom is -0.439 e. The van der Waals surface area contributed by atoms with E-state index in [0.717, 1.165) is 16.9 Å². The Bertz CT molecular complexity index is 473. The summed E-state index contributed by atoms with van der Waals surface area (Å²) in [4.78, 5) is 4.17. The molecule has 2 aromatic rings. The van der Waals surface area contributed by atoms with Gasteiger partial charge in [0.25, 0.3) is 0 Å². The number of oxazole rings is 1. The number of hydrogen-bond donors (Lipinski definition) is 1. The van der Waals surface area contributed by atoms with E-state index in [4.69, 9.17) is 16.0 Å². The van der Waals surface area contributed by atoms with Gasteiger partial charge in [0.1, 0.15) is 0 Å². The highest BCUT2D eigenvalue weighted by Crippen LogP contribution is 2.25. The average Bonchev–Trinajstić information content (AvgIpc) is 2.65. The monoisotopic (exact) mass is 236 g/mol. The van der Waals surface area contributed by atoms with Gasteiger partial charge in [-0.2, -0.15) is 0 Å². The van der Waals surface area contributed by atoms with Crippen LogP contribution in [0.5, 0.6) is 0 Å². The van der Waals surface area contributed by atoms with Crippen molar-refractivity contribution in [2.45, 2.75) is 13.5 Å². The van der Waals surface area contributed by atoms with Gasteiger partial charge in [0, 0.05) is 10.6 Å². The standard InChI is InChI=1S/C12H13ClN2O/c1-8-3-9(5-10(13)4-8)11-6-15-12(16-11)7-14-2/h3-6,14H,7H2,1-2H3. The first-order chi connectivity index (χ1) is 7.69. The van der Waals surface area contributed by atoms with Gasteiger partial charge >= 0.3 is 0 Å². The van der Waals surface area contributed by atoms with Crippen LogP contribution in [0.3, 0.4) is 0 Å². The normalized spacial score (nSPS) is 10.7. The average molecular weight is 237 g/mol. The highest BCUT2D eigenvalue weighted by atomic mass is 35.5. The van der Waals surface area contributed by atoms with Gasteiger partial charge in [-0.05, 0) is 37.7 Å². The van der Waals surface area contributed by atoms with E-state index in [1.807, 2.05) is 32.2 Å². The van der Waals surface area contributed by atoms with Crippen LogP contribution in [-0.4, -0.2) is 12.0 Å². The van der Waals surface area contributed by atoms with Crippen molar-refractivity contribution < 1.29 is 4.42 Å². The molecule has 0 aliphatic carbocycles. The molecule has 1 N–H and O–H groups in total. The number of benzene rings is 1. The van der Waals surface area contributed by atoms with Crippen LogP contribution >= 0.6 is 11.6 Å². The maximum Gasteiger partial charge on any atom is 0.208 e. The predicted molar refractivity (Wildman–Crippen MR) is 64.4 cm³/mol. The maximum atomic E-state index is 5.99. The molecule has 0 fully saturated rings. The van der Waals surface area contributed by atoms with E-state index in [1.54, 1.807) is 6.20 Å². The van der Waals surface area contributed by atoms with Gasteiger partial charge in [-0.3, -0.25) is 0 Å². The van der Waals surface area contributed by atoms with Gasteiger partial charge in [0.15, 0.2) is 5.76 Å². The first kappa shape index (κ1) is 11.2. The van der Waals surface area contributed by atoms with E-state index < -0.39 is 0 Å².